The van der Waals surface area contributed by atoms with Gasteiger partial charge in [-0.1, -0.05) is 17.7 Å². The van der Waals surface area contributed by atoms with E-state index < -0.39 is 5.92 Å². The fraction of sp³-hybridized carbons (Fsp3) is 0.269. The van der Waals surface area contributed by atoms with Gasteiger partial charge in [-0.15, -0.1) is 0 Å². The van der Waals surface area contributed by atoms with Crippen LogP contribution in [0.1, 0.15) is 29.7 Å². The third kappa shape index (κ3) is 3.90. The van der Waals surface area contributed by atoms with E-state index in [9.17, 15) is 14.4 Å². The maximum atomic E-state index is 13.3. The van der Waals surface area contributed by atoms with Crippen LogP contribution in [0.5, 0.6) is 0 Å². The minimum Gasteiger partial charge on any atom is -0.463 e. The summed E-state index contributed by atoms with van der Waals surface area (Å²) in [5, 5.41) is 7.45. The molecule has 4 aromatic rings. The summed E-state index contributed by atoms with van der Waals surface area (Å²) in [5.41, 5.74) is 3.58. The van der Waals surface area contributed by atoms with Crippen LogP contribution < -0.4 is 15.8 Å². The summed E-state index contributed by atoms with van der Waals surface area (Å²) >= 11 is 0. The summed E-state index contributed by atoms with van der Waals surface area (Å²) in [5.74, 6) is 0.101. The number of furan rings is 1. The zero-order valence-corrected chi connectivity index (χ0v) is 19.7. The van der Waals surface area contributed by atoms with Gasteiger partial charge in [0.1, 0.15) is 11.5 Å². The van der Waals surface area contributed by atoms with Gasteiger partial charge in [0.2, 0.25) is 17.8 Å². The van der Waals surface area contributed by atoms with Crippen molar-refractivity contribution in [3.63, 3.8) is 0 Å². The fourth-order valence-corrected chi connectivity index (χ4v) is 4.79. The number of aromatic nitrogens is 4. The number of H-pyrrole nitrogens is 1. The third-order valence-electron chi connectivity index (χ3n) is 6.71. The Balaban J connectivity index is 1.30. The van der Waals surface area contributed by atoms with Crippen LogP contribution in [0, 0.1) is 12.8 Å². The van der Waals surface area contributed by atoms with Gasteiger partial charge in [0.15, 0.2) is 5.76 Å². The summed E-state index contributed by atoms with van der Waals surface area (Å²) in [6.45, 7) is 2.26. The van der Waals surface area contributed by atoms with Crippen LogP contribution in [0.2, 0.25) is 0 Å². The molecule has 10 heteroatoms. The van der Waals surface area contributed by atoms with Crippen LogP contribution in [0.4, 0.5) is 11.5 Å². The number of fused-ring (bicyclic) bond motifs is 1. The first-order valence-electron chi connectivity index (χ1n) is 11.9. The second kappa shape index (κ2) is 8.63. The van der Waals surface area contributed by atoms with E-state index in [4.69, 9.17) is 4.42 Å². The lowest BCUT2D eigenvalue weighted by Crippen LogP contribution is -2.29. The highest BCUT2D eigenvalue weighted by molar-refractivity contribution is 6.03. The molecule has 2 N–H and O–H groups in total. The molecule has 3 aromatic heterocycles. The number of hydrogen-bond acceptors (Lipinski definition) is 6. The van der Waals surface area contributed by atoms with Gasteiger partial charge in [-0.3, -0.25) is 19.4 Å². The minimum absolute atomic E-state index is 0.103. The highest BCUT2D eigenvalue weighted by Gasteiger charge is 2.35. The molecule has 10 nitrogen and oxygen atoms in total. The van der Waals surface area contributed by atoms with Crippen molar-refractivity contribution < 1.29 is 14.0 Å². The van der Waals surface area contributed by atoms with Crippen LogP contribution in [-0.2, 0) is 22.4 Å². The zero-order valence-electron chi connectivity index (χ0n) is 19.7. The molecule has 1 aliphatic carbocycles. The van der Waals surface area contributed by atoms with Crippen molar-refractivity contribution in [2.75, 3.05) is 16.8 Å². The standard InChI is InChI=1S/C26H24N6O4/c1-15-7-9-17(10-8-15)31-14-16(12-23(31)33)24(34)28-22-13-20(21-6-3-11-36-21)30-32(22)26-27-19-5-2-4-18(19)25(35)29-26/h3,6-11,13,16H,2,4-5,12,14H2,1H3,(H,28,34)(H,27,29,35). The molecule has 182 valence electrons. The van der Waals surface area contributed by atoms with Gasteiger partial charge in [-0.05, 0) is 50.5 Å². The molecular weight excluding hydrogens is 460 g/mol. The van der Waals surface area contributed by atoms with Gasteiger partial charge in [0.25, 0.3) is 5.56 Å². The van der Waals surface area contributed by atoms with E-state index in [0.29, 0.717) is 29.3 Å². The fourth-order valence-electron chi connectivity index (χ4n) is 4.79. The first-order valence-corrected chi connectivity index (χ1v) is 11.9. The lowest BCUT2D eigenvalue weighted by atomic mass is 10.1. The molecule has 36 heavy (non-hydrogen) atoms. The molecule has 1 aliphatic heterocycles. The summed E-state index contributed by atoms with van der Waals surface area (Å²) < 4.78 is 6.89. The molecule has 0 bridgehead atoms. The molecule has 1 saturated heterocycles. The first-order chi connectivity index (χ1) is 17.5. The van der Waals surface area contributed by atoms with Gasteiger partial charge < -0.3 is 14.6 Å². The molecule has 6 rings (SSSR count). The summed E-state index contributed by atoms with van der Waals surface area (Å²) in [4.78, 5) is 47.6. The Hall–Kier alpha value is -4.47. The van der Waals surface area contributed by atoms with Gasteiger partial charge in [0.05, 0.1) is 17.9 Å². The molecule has 0 radical (unpaired) electrons. The highest BCUT2D eigenvalue weighted by atomic mass is 16.3. The number of anilines is 2. The SMILES string of the molecule is Cc1ccc(N2CC(C(=O)Nc3cc(-c4ccco4)nn3-c3nc4c(c(=O)[nH]3)CCC4)CC2=O)cc1. The Morgan fingerprint density at radius 2 is 2.00 bits per heavy atom. The average Bonchev–Trinajstić information content (AvgIpc) is 3.66. The van der Waals surface area contributed by atoms with Crippen molar-refractivity contribution in [3.05, 3.63) is 75.9 Å². The topological polar surface area (TPSA) is 126 Å². The molecule has 2 amide bonds. The Morgan fingerprint density at radius 3 is 2.78 bits per heavy atom. The molecule has 0 saturated carbocycles. The van der Waals surface area contributed by atoms with E-state index in [1.165, 1.54) is 10.9 Å². The molecule has 1 fully saturated rings. The average molecular weight is 485 g/mol. The van der Waals surface area contributed by atoms with Crippen molar-refractivity contribution in [1.29, 1.82) is 0 Å². The lowest BCUT2D eigenvalue weighted by molar-refractivity contribution is -0.122. The van der Waals surface area contributed by atoms with Gasteiger partial charge in [-0.25, -0.2) is 4.98 Å². The normalized spacial score (nSPS) is 17.0. The minimum atomic E-state index is -0.541. The lowest BCUT2D eigenvalue weighted by Gasteiger charge is -2.17. The van der Waals surface area contributed by atoms with Crippen molar-refractivity contribution >= 4 is 23.3 Å². The van der Waals surface area contributed by atoms with Crippen molar-refractivity contribution in [1.82, 2.24) is 19.7 Å². The molecule has 4 heterocycles. The smallest absolute Gasteiger partial charge is 0.255 e. The van der Waals surface area contributed by atoms with Crippen LogP contribution in [-0.4, -0.2) is 38.1 Å². The van der Waals surface area contributed by atoms with Gasteiger partial charge in [-0.2, -0.15) is 9.78 Å². The predicted octanol–water partition coefficient (Wildman–Crippen LogP) is 3.00. The van der Waals surface area contributed by atoms with Gasteiger partial charge >= 0.3 is 0 Å². The number of rotatable bonds is 5. The van der Waals surface area contributed by atoms with E-state index in [1.54, 1.807) is 23.1 Å². The number of carbonyl (C=O) groups is 2. The Morgan fingerprint density at radius 1 is 1.17 bits per heavy atom. The molecule has 0 spiro atoms. The quantitative estimate of drug-likeness (QED) is 0.449. The number of amides is 2. The number of benzene rings is 1. The number of nitrogens with zero attached hydrogens (tertiary/aromatic N) is 4. The Kier molecular flexibility index (Phi) is 5.28. The predicted molar refractivity (Wildman–Crippen MR) is 132 cm³/mol. The number of nitrogens with one attached hydrogen (secondary N) is 2. The molecule has 2 aliphatic rings. The van der Waals surface area contributed by atoms with Crippen molar-refractivity contribution in [2.45, 2.75) is 32.6 Å². The maximum absolute atomic E-state index is 13.3. The molecule has 1 atom stereocenters. The van der Waals surface area contributed by atoms with E-state index in [0.717, 1.165) is 29.8 Å². The second-order valence-electron chi connectivity index (χ2n) is 9.20. The number of carbonyl (C=O) groups excluding carboxylic acids is 2. The molecule has 1 aromatic carbocycles. The van der Waals surface area contributed by atoms with E-state index in [-0.39, 0.29) is 36.3 Å². The molecule has 1 unspecified atom stereocenters. The monoisotopic (exact) mass is 484 g/mol. The van der Waals surface area contributed by atoms with E-state index in [2.05, 4.69) is 20.4 Å². The third-order valence-corrected chi connectivity index (χ3v) is 6.71. The van der Waals surface area contributed by atoms with Crippen molar-refractivity contribution in [3.8, 4) is 17.4 Å². The Bertz CT molecular complexity index is 1520. The van der Waals surface area contributed by atoms with Gasteiger partial charge in [0, 0.05) is 30.3 Å². The maximum Gasteiger partial charge on any atom is 0.255 e. The largest absolute Gasteiger partial charge is 0.463 e. The van der Waals surface area contributed by atoms with E-state index in [1.807, 2.05) is 31.2 Å². The Labute approximate surface area is 206 Å². The van der Waals surface area contributed by atoms with Crippen LogP contribution in [0.3, 0.4) is 0 Å². The highest BCUT2D eigenvalue weighted by Crippen LogP contribution is 2.29. The van der Waals surface area contributed by atoms with Crippen LogP contribution in [0.25, 0.3) is 17.4 Å². The number of hydrogen-bond donors (Lipinski definition) is 2. The van der Waals surface area contributed by atoms with Crippen LogP contribution >= 0.6 is 0 Å². The second-order valence-corrected chi connectivity index (χ2v) is 9.20. The summed E-state index contributed by atoms with van der Waals surface area (Å²) in [7, 11) is 0. The zero-order chi connectivity index (χ0) is 24.8. The molecular formula is C26H24N6O4. The summed E-state index contributed by atoms with van der Waals surface area (Å²) in [6.07, 6.45) is 3.94. The number of aryl methyl sites for hydroxylation is 2. The number of aromatic amines is 1. The van der Waals surface area contributed by atoms with E-state index >= 15 is 0 Å². The van der Waals surface area contributed by atoms with Crippen LogP contribution in [0.15, 0.2) is 57.9 Å². The van der Waals surface area contributed by atoms with Crippen molar-refractivity contribution in [2.24, 2.45) is 5.92 Å². The first kappa shape index (κ1) is 22.0. The summed E-state index contributed by atoms with van der Waals surface area (Å²) in [6, 6.07) is 12.8.